The maximum Gasteiger partial charge on any atom is -0.0187 e. The Bertz CT molecular complexity index is 216. The molecule has 0 fully saturated rings. The van der Waals surface area contributed by atoms with Crippen LogP contribution in [0.5, 0.6) is 0 Å². The molecule has 1 aliphatic rings. The molecule has 0 heterocycles. The average molecular weight is 173 g/mol. The van der Waals surface area contributed by atoms with E-state index in [9.17, 15) is 0 Å². The van der Waals surface area contributed by atoms with Crippen LogP contribution in [0.1, 0.15) is 32.1 Å². The first-order valence-electron chi connectivity index (χ1n) is 5.04. The molecule has 0 unspecified atom stereocenters. The van der Waals surface area contributed by atoms with Crippen molar-refractivity contribution in [3.05, 3.63) is 48.6 Å². The van der Waals surface area contributed by atoms with Gasteiger partial charge in [-0.25, -0.2) is 0 Å². The van der Waals surface area contributed by atoms with Crippen molar-refractivity contribution < 1.29 is 0 Å². The van der Waals surface area contributed by atoms with Gasteiger partial charge < -0.3 is 0 Å². The topological polar surface area (TPSA) is 0 Å². The van der Waals surface area contributed by atoms with E-state index in [0.29, 0.717) is 0 Å². The lowest BCUT2D eigenvalue weighted by molar-refractivity contribution is 0.862. The van der Waals surface area contributed by atoms with Crippen molar-refractivity contribution in [2.75, 3.05) is 0 Å². The highest BCUT2D eigenvalue weighted by Crippen LogP contribution is 2.01. The zero-order valence-corrected chi connectivity index (χ0v) is 8.08. The molecule has 0 aromatic heterocycles. The number of rotatable bonds is 0. The molecule has 0 nitrogen and oxygen atoms in total. The SMILES string of the molecule is [C]1=C/C=C\CC/C=C/CCC/C=C/1. The Labute approximate surface area is 81.4 Å². The van der Waals surface area contributed by atoms with Crippen LogP contribution < -0.4 is 0 Å². The first-order chi connectivity index (χ1) is 6.50. The Morgan fingerprint density at radius 3 is 2.54 bits per heavy atom. The fourth-order valence-electron chi connectivity index (χ4n) is 1.21. The molecule has 0 bridgehead atoms. The van der Waals surface area contributed by atoms with Crippen LogP contribution in [0, 0.1) is 6.08 Å². The van der Waals surface area contributed by atoms with Crippen LogP contribution in [0.25, 0.3) is 0 Å². The molecule has 0 aromatic rings. The fourth-order valence-corrected chi connectivity index (χ4v) is 1.21. The molecule has 1 radical (unpaired) electrons. The van der Waals surface area contributed by atoms with Gasteiger partial charge in [-0.1, -0.05) is 42.5 Å². The second-order valence-electron chi connectivity index (χ2n) is 3.14. The minimum absolute atomic E-state index is 1.14. The molecule has 1 aliphatic carbocycles. The zero-order chi connectivity index (χ0) is 9.19. The zero-order valence-electron chi connectivity index (χ0n) is 8.08. The van der Waals surface area contributed by atoms with Crippen LogP contribution in [0.4, 0.5) is 0 Å². The van der Waals surface area contributed by atoms with Crippen molar-refractivity contribution in [3.63, 3.8) is 0 Å². The maximum atomic E-state index is 3.11. The van der Waals surface area contributed by atoms with E-state index in [4.69, 9.17) is 0 Å². The fraction of sp³-hybridized carbons (Fsp3) is 0.385. The van der Waals surface area contributed by atoms with E-state index in [2.05, 4.69) is 36.5 Å². The van der Waals surface area contributed by atoms with Gasteiger partial charge in [0.05, 0.1) is 0 Å². The molecule has 13 heavy (non-hydrogen) atoms. The summed E-state index contributed by atoms with van der Waals surface area (Å²) in [7, 11) is 0. The molecule has 0 spiro atoms. The van der Waals surface area contributed by atoms with E-state index < -0.39 is 0 Å². The van der Waals surface area contributed by atoms with Gasteiger partial charge in [-0.05, 0) is 38.2 Å². The molecular weight excluding hydrogens is 156 g/mol. The highest BCUT2D eigenvalue weighted by Gasteiger charge is 1.81. The summed E-state index contributed by atoms with van der Waals surface area (Å²) in [5.41, 5.74) is 0. The molecule has 0 amide bonds. The van der Waals surface area contributed by atoms with Crippen LogP contribution in [-0.2, 0) is 0 Å². The molecule has 0 atom stereocenters. The summed E-state index contributed by atoms with van der Waals surface area (Å²) in [5.74, 6) is 0. The summed E-state index contributed by atoms with van der Waals surface area (Å²) < 4.78 is 0. The van der Waals surface area contributed by atoms with Gasteiger partial charge in [0.1, 0.15) is 0 Å². The first-order valence-corrected chi connectivity index (χ1v) is 5.04. The molecule has 0 heteroatoms. The standard InChI is InChI=1S/C13H17/c1-2-4-6-8-10-12-13-11-9-7-5-3-1/h1-3,7-10H,4,6,11-13H2/b2-1-,5-3?,9-7+,10-8+. The minimum Gasteiger partial charge on any atom is -0.0885 e. The third-order valence-electron chi connectivity index (χ3n) is 1.95. The summed E-state index contributed by atoms with van der Waals surface area (Å²) in [6, 6.07) is 0. The average Bonchev–Trinajstić information content (AvgIpc) is 2.18. The van der Waals surface area contributed by atoms with E-state index >= 15 is 0 Å². The molecule has 69 valence electrons. The second-order valence-corrected chi connectivity index (χ2v) is 3.14. The molecular formula is C13H17. The summed E-state index contributed by atoms with van der Waals surface area (Å²) in [6.45, 7) is 0. The van der Waals surface area contributed by atoms with E-state index in [-0.39, 0.29) is 0 Å². The van der Waals surface area contributed by atoms with Crippen molar-refractivity contribution in [1.82, 2.24) is 0 Å². The van der Waals surface area contributed by atoms with Crippen LogP contribution in [-0.4, -0.2) is 0 Å². The predicted molar refractivity (Wildman–Crippen MR) is 58.3 cm³/mol. The Balaban J connectivity index is 2.38. The molecule has 0 saturated heterocycles. The van der Waals surface area contributed by atoms with Crippen molar-refractivity contribution >= 4 is 0 Å². The predicted octanol–water partition coefficient (Wildman–Crippen LogP) is 3.98. The van der Waals surface area contributed by atoms with E-state index in [1.165, 1.54) is 12.8 Å². The summed E-state index contributed by atoms with van der Waals surface area (Å²) in [4.78, 5) is 0. The number of allylic oxidation sites excluding steroid dienone is 8. The third-order valence-corrected chi connectivity index (χ3v) is 1.95. The molecule has 0 saturated carbocycles. The van der Waals surface area contributed by atoms with Gasteiger partial charge in [-0.15, -0.1) is 0 Å². The smallest absolute Gasteiger partial charge is 0.0187 e. The monoisotopic (exact) mass is 173 g/mol. The Morgan fingerprint density at radius 2 is 1.54 bits per heavy atom. The number of hydrogen-bond donors (Lipinski definition) is 0. The van der Waals surface area contributed by atoms with Gasteiger partial charge in [-0.3, -0.25) is 0 Å². The highest BCUT2D eigenvalue weighted by atomic mass is 13.9. The quantitative estimate of drug-likeness (QED) is 0.486. The molecule has 0 aromatic carbocycles. The van der Waals surface area contributed by atoms with Gasteiger partial charge in [0.25, 0.3) is 0 Å². The largest absolute Gasteiger partial charge is 0.0885 e. The van der Waals surface area contributed by atoms with Gasteiger partial charge in [0.2, 0.25) is 0 Å². The van der Waals surface area contributed by atoms with Crippen LogP contribution in [0.15, 0.2) is 42.5 Å². The summed E-state index contributed by atoms with van der Waals surface area (Å²) >= 11 is 0. The maximum absolute atomic E-state index is 3.11. The summed E-state index contributed by atoms with van der Waals surface area (Å²) in [5, 5.41) is 0. The van der Waals surface area contributed by atoms with Crippen molar-refractivity contribution in [3.8, 4) is 0 Å². The van der Waals surface area contributed by atoms with Crippen LogP contribution >= 0.6 is 0 Å². The Morgan fingerprint density at radius 1 is 0.769 bits per heavy atom. The Kier molecular flexibility index (Phi) is 5.87. The first kappa shape index (κ1) is 10.0. The van der Waals surface area contributed by atoms with Gasteiger partial charge in [0, 0.05) is 0 Å². The van der Waals surface area contributed by atoms with Crippen LogP contribution in [0.3, 0.4) is 0 Å². The minimum atomic E-state index is 1.14. The van der Waals surface area contributed by atoms with Crippen molar-refractivity contribution in [1.29, 1.82) is 0 Å². The van der Waals surface area contributed by atoms with Gasteiger partial charge in [-0.2, -0.15) is 0 Å². The van der Waals surface area contributed by atoms with Crippen molar-refractivity contribution in [2.24, 2.45) is 0 Å². The second kappa shape index (κ2) is 7.60. The molecule has 0 N–H and O–H groups in total. The third kappa shape index (κ3) is 6.15. The lowest BCUT2D eigenvalue weighted by Gasteiger charge is -1.89. The van der Waals surface area contributed by atoms with E-state index in [0.717, 1.165) is 19.3 Å². The van der Waals surface area contributed by atoms with E-state index in [1.54, 1.807) is 0 Å². The van der Waals surface area contributed by atoms with Gasteiger partial charge >= 0.3 is 0 Å². The van der Waals surface area contributed by atoms with Gasteiger partial charge in [0.15, 0.2) is 0 Å². The normalized spacial score (nSPS) is 28.9. The van der Waals surface area contributed by atoms with Crippen LogP contribution in [0.2, 0.25) is 0 Å². The Hall–Kier alpha value is -1.04. The summed E-state index contributed by atoms with van der Waals surface area (Å²) in [6.07, 6.45) is 24.0. The van der Waals surface area contributed by atoms with E-state index in [1.807, 2.05) is 12.2 Å². The number of hydrogen-bond acceptors (Lipinski definition) is 0. The molecule has 0 aliphatic heterocycles. The van der Waals surface area contributed by atoms with Crippen molar-refractivity contribution in [2.45, 2.75) is 32.1 Å². The molecule has 1 rings (SSSR count). The highest BCUT2D eigenvalue weighted by molar-refractivity contribution is 5.06. The lowest BCUT2D eigenvalue weighted by atomic mass is 10.2. The lowest BCUT2D eigenvalue weighted by Crippen LogP contribution is -1.69.